The van der Waals surface area contributed by atoms with E-state index in [1.54, 1.807) is 30.3 Å². The fourth-order valence-corrected chi connectivity index (χ4v) is 8.74. The number of carbonyl (C=O) groups is 9. The highest BCUT2D eigenvalue weighted by molar-refractivity contribution is 5.98. The van der Waals surface area contributed by atoms with Crippen molar-refractivity contribution in [1.29, 1.82) is 0 Å². The smallest absolute Gasteiger partial charge is 0.243 e. The zero-order valence-corrected chi connectivity index (χ0v) is 45.1. The van der Waals surface area contributed by atoms with Gasteiger partial charge in [-0.1, -0.05) is 104 Å². The molecule has 1 aromatic rings. The predicted octanol–water partition coefficient (Wildman–Crippen LogP) is 0.624. The van der Waals surface area contributed by atoms with E-state index in [0.717, 1.165) is 24.8 Å². The molecule has 0 radical (unpaired) electrons. The van der Waals surface area contributed by atoms with Crippen LogP contribution in [0, 0.1) is 23.7 Å². The van der Waals surface area contributed by atoms with Gasteiger partial charge in [0, 0.05) is 18.9 Å². The normalized spacial score (nSPS) is 23.2. The van der Waals surface area contributed by atoms with Crippen molar-refractivity contribution in [3.8, 4) is 0 Å². The molecule has 21 nitrogen and oxygen atoms in total. The van der Waals surface area contributed by atoms with Crippen LogP contribution in [0.2, 0.25) is 0 Å². The first-order valence-electron chi connectivity index (χ1n) is 26.9. The number of unbranched alkanes of at least 4 members (excludes halogenated alkanes) is 1. The number of carbonyl (C=O) groups excluding carboxylic acids is 9. The van der Waals surface area contributed by atoms with Crippen molar-refractivity contribution >= 4 is 53.0 Å². The van der Waals surface area contributed by atoms with Crippen LogP contribution in [-0.2, 0) is 49.6 Å². The van der Waals surface area contributed by atoms with Crippen molar-refractivity contribution in [2.45, 2.75) is 193 Å². The van der Waals surface area contributed by atoms with Crippen molar-refractivity contribution < 1.29 is 48.3 Å². The molecule has 15 N–H and O–H groups in total. The van der Waals surface area contributed by atoms with Crippen LogP contribution in [0.15, 0.2) is 30.3 Å². The third-order valence-electron chi connectivity index (χ3n) is 12.7. The summed E-state index contributed by atoms with van der Waals surface area (Å²) in [5.74, 6) is -6.83. The van der Waals surface area contributed by atoms with Gasteiger partial charge in [0.2, 0.25) is 47.3 Å². The fourth-order valence-electron chi connectivity index (χ4n) is 8.74. The van der Waals surface area contributed by atoms with Crippen LogP contribution in [0.5, 0.6) is 0 Å². The highest BCUT2D eigenvalue weighted by Gasteiger charge is 2.36. The molecule has 418 valence electrons. The number of Topliss-reactive ketones (excluding diaryl/α,β-unsaturated/α-hetero) is 1. The monoisotopic (exact) mass is 1040 g/mol. The number of nitrogens with one attached hydrogen (secondary N) is 8. The molecule has 0 bridgehead atoms. The Morgan fingerprint density at radius 2 is 1.16 bits per heavy atom. The number of rotatable bonds is 24. The minimum absolute atomic E-state index is 0.00459. The molecular weight excluding hydrogens is 951 g/mol. The molecule has 1 aliphatic heterocycles. The van der Waals surface area contributed by atoms with Gasteiger partial charge < -0.3 is 64.8 Å². The number of benzene rings is 1. The third kappa shape index (κ3) is 24.7. The lowest BCUT2D eigenvalue weighted by Gasteiger charge is -2.28. The maximum atomic E-state index is 14.4. The zero-order chi connectivity index (χ0) is 55.3. The first-order valence-corrected chi connectivity index (χ1v) is 26.9. The van der Waals surface area contributed by atoms with E-state index in [0.29, 0.717) is 18.8 Å². The Balaban J connectivity index is 2.67. The van der Waals surface area contributed by atoms with Crippen molar-refractivity contribution in [3.63, 3.8) is 0 Å². The molecule has 74 heavy (non-hydrogen) atoms. The molecule has 0 unspecified atom stereocenters. The minimum atomic E-state index is -1.43. The molecule has 1 aromatic carbocycles. The molecule has 9 atom stereocenters. The Labute approximate surface area is 438 Å². The number of aliphatic hydroxyl groups excluding tert-OH is 1. The maximum absolute atomic E-state index is 14.4. The number of ketones is 1. The second kappa shape index (κ2) is 34.9. The van der Waals surface area contributed by atoms with Gasteiger partial charge >= 0.3 is 0 Å². The average Bonchev–Trinajstić information content (AvgIpc) is 3.33. The first-order chi connectivity index (χ1) is 35.1. The molecule has 0 aromatic heterocycles. The number of nitrogens with two attached hydrogens (primary N) is 3. The second-order valence-corrected chi connectivity index (χ2v) is 20.9. The van der Waals surface area contributed by atoms with Gasteiger partial charge in [-0.05, 0) is 101 Å². The lowest BCUT2D eigenvalue weighted by Crippen LogP contribution is -2.59. The summed E-state index contributed by atoms with van der Waals surface area (Å²) in [6.07, 6.45) is 2.11. The SMILES string of the molecule is CCC[C@@H]1NC(=O)[C@H](CCN)NC(=O)[C@H](Cc2ccccc2)CC(=O)[C@@H](CC(C)C)NC(=O)[C@H](CCN)NC(=O)[C@@H](NC(=O)[C@@H](CCN)NC(=O)C[C@H](O)CCCCC(C)C)CCNC(=O)[C@H](CC(C)C)NC1=O. The Hall–Kier alpha value is -5.51. The Bertz CT molecular complexity index is 1940. The Morgan fingerprint density at radius 1 is 0.635 bits per heavy atom. The summed E-state index contributed by atoms with van der Waals surface area (Å²) in [5.41, 5.74) is 18.5. The average molecular weight is 1040 g/mol. The molecule has 1 saturated heterocycles. The van der Waals surface area contributed by atoms with Crippen molar-refractivity contribution in [2.75, 3.05) is 26.2 Å². The van der Waals surface area contributed by atoms with Crippen molar-refractivity contribution in [3.05, 3.63) is 35.9 Å². The quantitative estimate of drug-likeness (QED) is 0.0633. The van der Waals surface area contributed by atoms with Crippen LogP contribution in [0.1, 0.15) is 144 Å². The molecule has 1 fully saturated rings. The summed E-state index contributed by atoms with van der Waals surface area (Å²) in [5, 5.41) is 32.4. The topological polar surface area (TPSA) is 348 Å². The molecule has 2 rings (SSSR count). The van der Waals surface area contributed by atoms with E-state index in [2.05, 4.69) is 56.4 Å². The van der Waals surface area contributed by atoms with Gasteiger partial charge in [0.15, 0.2) is 5.78 Å². The van der Waals surface area contributed by atoms with E-state index < -0.39 is 107 Å². The van der Waals surface area contributed by atoms with Crippen LogP contribution in [0.3, 0.4) is 0 Å². The fraction of sp³-hybridized carbons (Fsp3) is 0.717. The molecule has 0 spiro atoms. The van der Waals surface area contributed by atoms with Gasteiger partial charge in [-0.25, -0.2) is 0 Å². The van der Waals surface area contributed by atoms with E-state index in [4.69, 9.17) is 17.2 Å². The summed E-state index contributed by atoms with van der Waals surface area (Å²) in [7, 11) is 0. The van der Waals surface area contributed by atoms with Gasteiger partial charge in [0.1, 0.15) is 36.3 Å². The summed E-state index contributed by atoms with van der Waals surface area (Å²) in [6.45, 7) is 13.1. The molecule has 0 aliphatic carbocycles. The number of aliphatic hydroxyl groups is 1. The highest BCUT2D eigenvalue weighted by atomic mass is 16.3. The Morgan fingerprint density at radius 3 is 1.72 bits per heavy atom. The van der Waals surface area contributed by atoms with E-state index in [1.807, 2.05) is 34.6 Å². The second-order valence-electron chi connectivity index (χ2n) is 20.9. The largest absolute Gasteiger partial charge is 0.393 e. The van der Waals surface area contributed by atoms with Crippen LogP contribution in [-0.4, -0.2) is 133 Å². The first kappa shape index (κ1) is 64.6. The molecular formula is C53H91N11O10. The van der Waals surface area contributed by atoms with E-state index >= 15 is 0 Å². The zero-order valence-electron chi connectivity index (χ0n) is 45.1. The number of hydrogen-bond donors (Lipinski definition) is 12. The van der Waals surface area contributed by atoms with E-state index in [9.17, 15) is 48.3 Å². The lowest BCUT2D eigenvalue weighted by molar-refractivity contribution is -0.136. The van der Waals surface area contributed by atoms with Crippen LogP contribution in [0.4, 0.5) is 0 Å². The molecule has 1 heterocycles. The molecule has 1 aliphatic rings. The number of amides is 8. The summed E-state index contributed by atoms with van der Waals surface area (Å²) in [4.78, 5) is 126. The van der Waals surface area contributed by atoms with Gasteiger partial charge in [-0.15, -0.1) is 0 Å². The molecule has 8 amide bonds. The molecule has 0 saturated carbocycles. The van der Waals surface area contributed by atoms with Crippen LogP contribution >= 0.6 is 0 Å². The lowest BCUT2D eigenvalue weighted by atomic mass is 9.88. The maximum Gasteiger partial charge on any atom is 0.243 e. The highest BCUT2D eigenvalue weighted by Crippen LogP contribution is 2.19. The third-order valence-corrected chi connectivity index (χ3v) is 12.7. The summed E-state index contributed by atoms with van der Waals surface area (Å²) < 4.78 is 0. The van der Waals surface area contributed by atoms with E-state index in [1.165, 1.54) is 0 Å². The number of hydrogen-bond acceptors (Lipinski definition) is 13. The molecule has 21 heteroatoms. The van der Waals surface area contributed by atoms with Gasteiger partial charge in [0.25, 0.3) is 0 Å². The summed E-state index contributed by atoms with van der Waals surface area (Å²) in [6, 6.07) is 0.426. The van der Waals surface area contributed by atoms with Gasteiger partial charge in [0.05, 0.1) is 18.6 Å². The Kier molecular flexibility index (Phi) is 30.5. The van der Waals surface area contributed by atoms with Crippen LogP contribution in [0.25, 0.3) is 0 Å². The van der Waals surface area contributed by atoms with E-state index in [-0.39, 0.29) is 102 Å². The minimum Gasteiger partial charge on any atom is -0.393 e. The van der Waals surface area contributed by atoms with Crippen molar-refractivity contribution in [1.82, 2.24) is 42.5 Å². The summed E-state index contributed by atoms with van der Waals surface area (Å²) >= 11 is 0. The van der Waals surface area contributed by atoms with Gasteiger partial charge in [-0.3, -0.25) is 43.2 Å². The predicted molar refractivity (Wildman–Crippen MR) is 283 cm³/mol. The van der Waals surface area contributed by atoms with Crippen LogP contribution < -0.4 is 59.7 Å². The standard InChI is InChI=1S/C53H91N11O10/c1-8-14-38-49(70)64-44(28-34(6)7)48(69)57-26-22-42(62-50(71)39(19-23-54)58-46(67)31-37(65)18-13-12-15-32(2)3)53(74)61-41(21-25-56)52(73)63-43(27-33(4)5)45(66)30-36(29-35-16-10-9-11-17-35)47(68)59-40(20-24-55)51(72)60-38/h9-11,16-17,32-34,36-44,65H,8,12-15,18-31,54-56H2,1-7H3,(H,57,69)(H,58,67)(H,59,68)(H,60,72)(H,61,74)(H,62,71)(H,63,73)(H,64,70)/t36-,37-,38+,39-,40+,41+,42+,43-,44+/m1/s1. The van der Waals surface area contributed by atoms with Gasteiger partial charge in [-0.2, -0.15) is 0 Å². The van der Waals surface area contributed by atoms with Crippen molar-refractivity contribution in [2.24, 2.45) is 40.9 Å².